The van der Waals surface area contributed by atoms with Gasteiger partial charge in [-0.2, -0.15) is 0 Å². The number of aldehydes is 1. The molecule has 1 aromatic carbocycles. The fourth-order valence-corrected chi connectivity index (χ4v) is 1.89. The third-order valence-corrected chi connectivity index (χ3v) is 2.74. The Morgan fingerprint density at radius 1 is 1.18 bits per heavy atom. The van der Waals surface area contributed by atoms with Gasteiger partial charge in [0.15, 0.2) is 0 Å². The molecule has 0 aliphatic carbocycles. The molecule has 2 amide bonds. The maximum Gasteiger partial charge on any atom is 0.261 e. The SMILES string of the molecule is O=CC[C@H](CF)N1C(=O)c2ccccc2C1=O. The summed E-state index contributed by atoms with van der Waals surface area (Å²) >= 11 is 0. The first kappa shape index (κ1) is 11.4. The molecule has 0 saturated heterocycles. The number of imide groups is 1. The predicted octanol–water partition coefficient (Wildman–Crippen LogP) is 1.21. The van der Waals surface area contributed by atoms with Crippen LogP contribution in [0.2, 0.25) is 0 Å². The molecule has 1 aliphatic heterocycles. The van der Waals surface area contributed by atoms with Gasteiger partial charge in [0, 0.05) is 6.42 Å². The fourth-order valence-electron chi connectivity index (χ4n) is 1.89. The monoisotopic (exact) mass is 235 g/mol. The van der Waals surface area contributed by atoms with Crippen molar-refractivity contribution in [3.63, 3.8) is 0 Å². The first-order valence-electron chi connectivity index (χ1n) is 5.17. The van der Waals surface area contributed by atoms with Crippen molar-refractivity contribution in [3.8, 4) is 0 Å². The number of alkyl halides is 1. The Labute approximate surface area is 97.0 Å². The second kappa shape index (κ2) is 4.45. The zero-order valence-corrected chi connectivity index (χ0v) is 8.93. The molecule has 5 heteroatoms. The molecule has 0 N–H and O–H groups in total. The van der Waals surface area contributed by atoms with E-state index >= 15 is 0 Å². The van der Waals surface area contributed by atoms with Crippen molar-refractivity contribution in [3.05, 3.63) is 35.4 Å². The topological polar surface area (TPSA) is 54.5 Å². The van der Waals surface area contributed by atoms with Gasteiger partial charge in [-0.3, -0.25) is 14.5 Å². The molecule has 88 valence electrons. The Balaban J connectivity index is 2.38. The number of hydrogen-bond acceptors (Lipinski definition) is 3. The minimum absolute atomic E-state index is 0.179. The zero-order valence-electron chi connectivity index (χ0n) is 8.93. The van der Waals surface area contributed by atoms with Crippen molar-refractivity contribution < 1.29 is 18.8 Å². The van der Waals surface area contributed by atoms with Gasteiger partial charge < -0.3 is 4.79 Å². The Morgan fingerprint density at radius 3 is 2.12 bits per heavy atom. The highest BCUT2D eigenvalue weighted by Gasteiger charge is 2.39. The van der Waals surface area contributed by atoms with Gasteiger partial charge in [0.05, 0.1) is 17.2 Å². The number of carbonyl (C=O) groups is 3. The number of nitrogens with zero attached hydrogens (tertiary/aromatic N) is 1. The van der Waals surface area contributed by atoms with E-state index in [1.807, 2.05) is 0 Å². The average Bonchev–Trinajstić information content (AvgIpc) is 2.61. The summed E-state index contributed by atoms with van der Waals surface area (Å²) in [5.41, 5.74) is 0.531. The first-order valence-corrected chi connectivity index (χ1v) is 5.17. The van der Waals surface area contributed by atoms with E-state index < -0.39 is 24.5 Å². The second-order valence-electron chi connectivity index (χ2n) is 3.74. The number of rotatable bonds is 4. The lowest BCUT2D eigenvalue weighted by atomic mass is 10.1. The molecule has 0 radical (unpaired) electrons. The van der Waals surface area contributed by atoms with E-state index in [0.717, 1.165) is 4.90 Å². The normalized spacial score (nSPS) is 15.9. The molecule has 1 aliphatic rings. The molecule has 0 spiro atoms. The summed E-state index contributed by atoms with van der Waals surface area (Å²) < 4.78 is 12.8. The van der Waals surface area contributed by atoms with Crippen LogP contribution in [0.25, 0.3) is 0 Å². The van der Waals surface area contributed by atoms with Gasteiger partial charge >= 0.3 is 0 Å². The maximum atomic E-state index is 12.8. The minimum Gasteiger partial charge on any atom is -0.303 e. The minimum atomic E-state index is -1.00. The molecule has 17 heavy (non-hydrogen) atoms. The highest BCUT2D eigenvalue weighted by atomic mass is 19.1. The van der Waals surface area contributed by atoms with Gasteiger partial charge in [-0.05, 0) is 12.1 Å². The molecule has 1 aromatic rings. The Hall–Kier alpha value is -2.04. The Kier molecular flexibility index (Phi) is 2.99. The van der Waals surface area contributed by atoms with Gasteiger partial charge in [-0.15, -0.1) is 0 Å². The first-order chi connectivity index (χ1) is 8.20. The number of carbonyl (C=O) groups excluding carboxylic acids is 3. The number of benzene rings is 1. The standard InChI is InChI=1S/C12H10FNO3/c13-7-8(5-6-15)14-11(16)9-3-1-2-4-10(9)12(14)17/h1-4,6,8H,5,7H2/t8-/m1/s1. The highest BCUT2D eigenvalue weighted by Crippen LogP contribution is 2.25. The molecule has 0 bridgehead atoms. The van der Waals surface area contributed by atoms with E-state index in [4.69, 9.17) is 0 Å². The largest absolute Gasteiger partial charge is 0.303 e. The molecule has 2 rings (SSSR count). The van der Waals surface area contributed by atoms with Crippen LogP contribution >= 0.6 is 0 Å². The van der Waals surface area contributed by atoms with Crippen LogP contribution in [0.3, 0.4) is 0 Å². The summed E-state index contributed by atoms with van der Waals surface area (Å²) in [7, 11) is 0. The molecular formula is C12H10FNO3. The van der Waals surface area contributed by atoms with Gasteiger partial charge in [-0.25, -0.2) is 4.39 Å². The third-order valence-electron chi connectivity index (χ3n) is 2.74. The van der Waals surface area contributed by atoms with Crippen LogP contribution in [0.15, 0.2) is 24.3 Å². The van der Waals surface area contributed by atoms with Crippen molar-refractivity contribution in [2.45, 2.75) is 12.5 Å². The lowest BCUT2D eigenvalue weighted by Crippen LogP contribution is -2.41. The van der Waals surface area contributed by atoms with Crippen LogP contribution in [0.5, 0.6) is 0 Å². The lowest BCUT2D eigenvalue weighted by molar-refractivity contribution is -0.108. The van der Waals surface area contributed by atoms with E-state index in [-0.39, 0.29) is 17.5 Å². The van der Waals surface area contributed by atoms with Crippen LogP contribution in [0.1, 0.15) is 27.1 Å². The average molecular weight is 235 g/mol. The van der Waals surface area contributed by atoms with E-state index in [2.05, 4.69) is 0 Å². The summed E-state index contributed by atoms with van der Waals surface area (Å²) in [4.78, 5) is 35.0. The summed E-state index contributed by atoms with van der Waals surface area (Å²) in [6.07, 6.45) is 0.329. The zero-order chi connectivity index (χ0) is 12.4. The molecule has 0 saturated carbocycles. The lowest BCUT2D eigenvalue weighted by Gasteiger charge is -2.21. The van der Waals surface area contributed by atoms with Gasteiger partial charge in [0.2, 0.25) is 0 Å². The summed E-state index contributed by atoms with van der Waals surface area (Å²) in [5.74, 6) is -1.06. The van der Waals surface area contributed by atoms with Crippen molar-refractivity contribution in [2.75, 3.05) is 6.67 Å². The smallest absolute Gasteiger partial charge is 0.261 e. The molecule has 1 atom stereocenters. The van der Waals surface area contributed by atoms with Gasteiger partial charge in [0.1, 0.15) is 13.0 Å². The van der Waals surface area contributed by atoms with Crippen molar-refractivity contribution in [1.29, 1.82) is 0 Å². The third kappa shape index (κ3) is 1.73. The quantitative estimate of drug-likeness (QED) is 0.582. The van der Waals surface area contributed by atoms with E-state index in [1.165, 1.54) is 12.1 Å². The summed E-state index contributed by atoms with van der Waals surface area (Å²) in [6, 6.07) is 5.31. The number of amides is 2. The van der Waals surface area contributed by atoms with E-state index in [0.29, 0.717) is 6.29 Å². The van der Waals surface area contributed by atoms with Gasteiger partial charge in [-0.1, -0.05) is 12.1 Å². The fraction of sp³-hybridized carbons (Fsp3) is 0.250. The summed E-state index contributed by atoms with van der Waals surface area (Å²) in [5, 5.41) is 0. The van der Waals surface area contributed by atoms with Crippen molar-refractivity contribution in [2.24, 2.45) is 0 Å². The van der Waals surface area contributed by atoms with Crippen molar-refractivity contribution >= 4 is 18.1 Å². The van der Waals surface area contributed by atoms with Crippen molar-refractivity contribution in [1.82, 2.24) is 4.90 Å². The molecule has 0 fully saturated rings. The maximum absolute atomic E-state index is 12.8. The number of halogens is 1. The Morgan fingerprint density at radius 2 is 1.71 bits per heavy atom. The second-order valence-corrected chi connectivity index (χ2v) is 3.74. The number of fused-ring (bicyclic) bond motifs is 1. The molecular weight excluding hydrogens is 225 g/mol. The van der Waals surface area contributed by atoms with E-state index in [9.17, 15) is 18.8 Å². The predicted molar refractivity (Wildman–Crippen MR) is 57.4 cm³/mol. The van der Waals surface area contributed by atoms with Crippen LogP contribution in [-0.2, 0) is 4.79 Å². The number of hydrogen-bond donors (Lipinski definition) is 0. The molecule has 0 unspecified atom stereocenters. The molecule has 1 heterocycles. The summed E-state index contributed by atoms with van der Waals surface area (Å²) in [6.45, 7) is -0.912. The van der Waals surface area contributed by atoms with Crippen LogP contribution in [0.4, 0.5) is 4.39 Å². The highest BCUT2D eigenvalue weighted by molar-refractivity contribution is 6.21. The van der Waals surface area contributed by atoms with E-state index in [1.54, 1.807) is 12.1 Å². The van der Waals surface area contributed by atoms with Crippen LogP contribution in [0, 0.1) is 0 Å². The van der Waals surface area contributed by atoms with Gasteiger partial charge in [0.25, 0.3) is 11.8 Å². The molecule has 4 nitrogen and oxygen atoms in total. The molecule has 0 aromatic heterocycles. The van der Waals surface area contributed by atoms with Crippen LogP contribution < -0.4 is 0 Å². The Bertz CT molecular complexity index is 451. The van der Waals surface area contributed by atoms with Crippen LogP contribution in [-0.4, -0.2) is 35.7 Å².